The van der Waals surface area contributed by atoms with E-state index in [1.54, 1.807) is 12.1 Å². The monoisotopic (exact) mass is 560 g/mol. The van der Waals surface area contributed by atoms with Crippen molar-refractivity contribution in [2.75, 3.05) is 18.5 Å². The predicted molar refractivity (Wildman–Crippen MR) is 164 cm³/mol. The van der Waals surface area contributed by atoms with Crippen molar-refractivity contribution in [2.24, 2.45) is 5.16 Å². The lowest BCUT2D eigenvalue weighted by Gasteiger charge is -2.23. The minimum Gasteiger partial charge on any atom is -0.484 e. The van der Waals surface area contributed by atoms with Crippen molar-refractivity contribution in [3.63, 3.8) is 0 Å². The quantitative estimate of drug-likeness (QED) is 0.224. The maximum atomic E-state index is 13.7. The standard InChI is InChI=1S/C34H32N4O4/c1-2-37-30-16-10-9-15-28(30)29-19-25(17-18-31(29)37)35-34(40)32-20-26(36-42-22-24-11-5-3-6-12-24)21-38(32)33(39)23-41-27-13-7-4-8-14-27/h3-19,32H,2,20-23H2,1H3,(H,35,40)/b36-26+/t32-/m0/s1. The second-order valence-electron chi connectivity index (χ2n) is 10.2. The lowest BCUT2D eigenvalue weighted by atomic mass is 10.1. The summed E-state index contributed by atoms with van der Waals surface area (Å²) in [5.74, 6) is 0.00862. The SMILES string of the molecule is CCn1c2ccccc2c2cc(NC(=O)[C@@H]3C/C(=N\OCc4ccccc4)CN3C(=O)COc3ccccc3)ccc21. The van der Waals surface area contributed by atoms with Crippen LogP contribution in [0.2, 0.25) is 0 Å². The van der Waals surface area contributed by atoms with Crippen molar-refractivity contribution >= 4 is 45.0 Å². The third kappa shape index (κ3) is 5.69. The smallest absolute Gasteiger partial charge is 0.261 e. The van der Waals surface area contributed by atoms with Gasteiger partial charge in [0.25, 0.3) is 5.91 Å². The minimum absolute atomic E-state index is 0.186. The largest absolute Gasteiger partial charge is 0.484 e. The van der Waals surface area contributed by atoms with E-state index in [1.165, 1.54) is 4.90 Å². The Morgan fingerprint density at radius 3 is 2.38 bits per heavy atom. The molecule has 2 heterocycles. The molecule has 0 radical (unpaired) electrons. The van der Waals surface area contributed by atoms with Gasteiger partial charge in [0.1, 0.15) is 18.4 Å². The van der Waals surface area contributed by atoms with Gasteiger partial charge in [-0.2, -0.15) is 0 Å². The van der Waals surface area contributed by atoms with Gasteiger partial charge in [0, 0.05) is 40.5 Å². The number of rotatable bonds is 9. The Morgan fingerprint density at radius 1 is 0.881 bits per heavy atom. The first-order chi connectivity index (χ1) is 20.6. The fraction of sp³-hybridized carbons (Fsp3) is 0.206. The van der Waals surface area contributed by atoms with Crippen LogP contribution in [0.25, 0.3) is 21.8 Å². The van der Waals surface area contributed by atoms with Crippen LogP contribution in [0.15, 0.2) is 108 Å². The first-order valence-electron chi connectivity index (χ1n) is 14.1. The topological polar surface area (TPSA) is 85.2 Å². The van der Waals surface area contributed by atoms with Crippen LogP contribution < -0.4 is 10.1 Å². The highest BCUT2D eigenvalue weighted by molar-refractivity contribution is 6.11. The second-order valence-corrected chi connectivity index (χ2v) is 10.2. The Kier molecular flexibility index (Phi) is 7.85. The van der Waals surface area contributed by atoms with E-state index >= 15 is 0 Å². The summed E-state index contributed by atoms with van der Waals surface area (Å²) in [6.45, 7) is 3.27. The molecule has 1 aromatic heterocycles. The molecular formula is C34H32N4O4. The molecule has 0 spiro atoms. The van der Waals surface area contributed by atoms with Crippen LogP contribution in [-0.2, 0) is 27.6 Å². The molecule has 8 nitrogen and oxygen atoms in total. The summed E-state index contributed by atoms with van der Waals surface area (Å²) in [5, 5.41) is 9.54. The number of amides is 2. The van der Waals surface area contributed by atoms with Gasteiger partial charge < -0.3 is 24.4 Å². The van der Waals surface area contributed by atoms with Gasteiger partial charge in [-0.25, -0.2) is 0 Å². The maximum Gasteiger partial charge on any atom is 0.261 e. The van der Waals surface area contributed by atoms with Crippen molar-refractivity contribution in [1.29, 1.82) is 0 Å². The van der Waals surface area contributed by atoms with Crippen molar-refractivity contribution in [1.82, 2.24) is 9.47 Å². The zero-order chi connectivity index (χ0) is 28.9. The van der Waals surface area contributed by atoms with Crippen LogP contribution >= 0.6 is 0 Å². The van der Waals surface area contributed by atoms with E-state index < -0.39 is 6.04 Å². The first kappa shape index (κ1) is 27.1. The molecule has 0 bridgehead atoms. The number of oxime groups is 1. The Hall–Kier alpha value is -5.11. The van der Waals surface area contributed by atoms with Crippen molar-refractivity contribution in [3.05, 3.63) is 109 Å². The molecule has 6 rings (SSSR count). The molecule has 1 saturated heterocycles. The number of nitrogens with zero attached hydrogens (tertiary/aromatic N) is 3. The highest BCUT2D eigenvalue weighted by Crippen LogP contribution is 2.31. The van der Waals surface area contributed by atoms with E-state index in [2.05, 4.69) is 34.1 Å². The van der Waals surface area contributed by atoms with E-state index in [0.29, 0.717) is 23.8 Å². The normalized spacial score (nSPS) is 15.8. The number of carbonyl (C=O) groups excluding carboxylic acids is 2. The van der Waals surface area contributed by atoms with Crippen molar-refractivity contribution < 1.29 is 19.2 Å². The third-order valence-corrected chi connectivity index (χ3v) is 7.51. The third-order valence-electron chi connectivity index (χ3n) is 7.51. The predicted octanol–water partition coefficient (Wildman–Crippen LogP) is 6.01. The number of ether oxygens (including phenoxy) is 1. The molecule has 0 saturated carbocycles. The van der Waals surface area contributed by atoms with Gasteiger partial charge in [-0.1, -0.05) is 71.9 Å². The number of nitrogens with one attached hydrogen (secondary N) is 1. The molecule has 4 aromatic carbocycles. The average molecular weight is 561 g/mol. The molecule has 5 aromatic rings. The van der Waals surface area contributed by atoms with Gasteiger partial charge in [0.05, 0.1) is 12.3 Å². The summed E-state index contributed by atoms with van der Waals surface area (Å²) in [5.41, 5.74) is 4.54. The molecular weight excluding hydrogens is 528 g/mol. The average Bonchev–Trinajstić information content (AvgIpc) is 3.60. The summed E-state index contributed by atoms with van der Waals surface area (Å²) >= 11 is 0. The molecule has 1 aliphatic heterocycles. The van der Waals surface area contributed by atoms with Crippen LogP contribution in [0.1, 0.15) is 18.9 Å². The number of likely N-dealkylation sites (tertiary alicyclic amines) is 1. The number of hydrogen-bond donors (Lipinski definition) is 1. The lowest BCUT2D eigenvalue weighted by Crippen LogP contribution is -2.45. The fourth-order valence-electron chi connectivity index (χ4n) is 5.48. The summed E-state index contributed by atoms with van der Waals surface area (Å²) in [6, 6.07) is 32.3. The van der Waals surface area contributed by atoms with Crippen LogP contribution in [0.4, 0.5) is 5.69 Å². The Labute approximate surface area is 244 Å². The molecule has 0 aliphatic carbocycles. The zero-order valence-electron chi connectivity index (χ0n) is 23.4. The van der Waals surface area contributed by atoms with E-state index in [1.807, 2.05) is 78.9 Å². The van der Waals surface area contributed by atoms with E-state index in [0.717, 1.165) is 33.9 Å². The molecule has 2 amide bonds. The number of benzene rings is 4. The van der Waals surface area contributed by atoms with E-state index in [4.69, 9.17) is 9.57 Å². The molecule has 1 N–H and O–H groups in total. The minimum atomic E-state index is -0.747. The molecule has 212 valence electrons. The summed E-state index contributed by atoms with van der Waals surface area (Å²) in [7, 11) is 0. The number of para-hydroxylation sites is 2. The molecule has 0 unspecified atom stereocenters. The second kappa shape index (κ2) is 12.2. The maximum absolute atomic E-state index is 13.7. The number of hydrogen-bond acceptors (Lipinski definition) is 5. The van der Waals surface area contributed by atoms with Crippen LogP contribution in [0.3, 0.4) is 0 Å². The Balaban J connectivity index is 1.21. The van der Waals surface area contributed by atoms with E-state index in [9.17, 15) is 9.59 Å². The van der Waals surface area contributed by atoms with Crippen molar-refractivity contribution in [3.8, 4) is 5.75 Å². The van der Waals surface area contributed by atoms with Crippen LogP contribution in [0.5, 0.6) is 5.75 Å². The number of anilines is 1. The summed E-state index contributed by atoms with van der Waals surface area (Å²) in [6.07, 6.45) is 0.273. The first-order valence-corrected chi connectivity index (χ1v) is 14.1. The number of fused-ring (bicyclic) bond motifs is 3. The van der Waals surface area contributed by atoms with Crippen molar-refractivity contribution in [2.45, 2.75) is 32.5 Å². The number of aromatic nitrogens is 1. The summed E-state index contributed by atoms with van der Waals surface area (Å²) in [4.78, 5) is 34.1. The van der Waals surface area contributed by atoms with Gasteiger partial charge in [-0.05, 0) is 48.9 Å². The molecule has 1 atom stereocenters. The number of aryl methyl sites for hydroxylation is 1. The fourth-order valence-corrected chi connectivity index (χ4v) is 5.48. The van der Waals surface area contributed by atoms with Gasteiger partial charge >= 0.3 is 0 Å². The number of carbonyl (C=O) groups is 2. The molecule has 1 fully saturated rings. The van der Waals surface area contributed by atoms with Gasteiger partial charge in [0.2, 0.25) is 5.91 Å². The lowest BCUT2D eigenvalue weighted by molar-refractivity contribution is -0.138. The summed E-state index contributed by atoms with van der Waals surface area (Å²) < 4.78 is 7.97. The van der Waals surface area contributed by atoms with Gasteiger partial charge in [0.15, 0.2) is 6.61 Å². The molecule has 42 heavy (non-hydrogen) atoms. The van der Waals surface area contributed by atoms with Gasteiger partial charge in [-0.15, -0.1) is 0 Å². The Morgan fingerprint density at radius 2 is 1.60 bits per heavy atom. The molecule has 1 aliphatic rings. The zero-order valence-corrected chi connectivity index (χ0v) is 23.4. The molecule has 8 heteroatoms. The van der Waals surface area contributed by atoms with Gasteiger partial charge in [-0.3, -0.25) is 9.59 Å². The highest BCUT2D eigenvalue weighted by atomic mass is 16.6. The van der Waals surface area contributed by atoms with Crippen LogP contribution in [0, 0.1) is 0 Å². The Bertz CT molecular complexity index is 1750. The van der Waals surface area contributed by atoms with Crippen LogP contribution in [-0.4, -0.2) is 46.2 Å². The highest BCUT2D eigenvalue weighted by Gasteiger charge is 2.38. The van der Waals surface area contributed by atoms with E-state index in [-0.39, 0.29) is 31.4 Å².